The van der Waals surface area contributed by atoms with Crippen molar-refractivity contribution in [3.05, 3.63) is 57.9 Å². The fourth-order valence-electron chi connectivity index (χ4n) is 1.91. The van der Waals surface area contributed by atoms with Gasteiger partial charge < -0.3 is 10.6 Å². The van der Waals surface area contributed by atoms with Crippen LogP contribution in [0.3, 0.4) is 0 Å². The summed E-state index contributed by atoms with van der Waals surface area (Å²) in [6.07, 6.45) is 4.52. The van der Waals surface area contributed by atoms with Crippen LogP contribution >= 0.6 is 0 Å². The van der Waals surface area contributed by atoms with Gasteiger partial charge in [0.25, 0.3) is 5.69 Å². The fourth-order valence-corrected chi connectivity index (χ4v) is 1.91. The topological polar surface area (TPSA) is 135 Å². The molecule has 0 amide bonds. The Morgan fingerprint density at radius 1 is 1.32 bits per heavy atom. The van der Waals surface area contributed by atoms with Crippen molar-refractivity contribution in [3.63, 3.8) is 0 Å². The number of benzene rings is 1. The van der Waals surface area contributed by atoms with Gasteiger partial charge in [-0.1, -0.05) is 18.2 Å². The summed E-state index contributed by atoms with van der Waals surface area (Å²) in [5.41, 5.74) is 6.20. The zero-order valence-electron chi connectivity index (χ0n) is 13.6. The second kappa shape index (κ2) is 7.65. The summed E-state index contributed by atoms with van der Waals surface area (Å²) in [6.45, 7) is 0. The normalized spacial score (nSPS) is 11.3. The van der Waals surface area contributed by atoms with Gasteiger partial charge in [0.2, 0.25) is 11.9 Å². The van der Waals surface area contributed by atoms with Gasteiger partial charge in [-0.05, 0) is 18.2 Å². The number of hydrogen-bond acceptors (Lipinski definition) is 8. The van der Waals surface area contributed by atoms with Crippen molar-refractivity contribution in [1.29, 1.82) is 5.26 Å². The molecule has 0 bridgehead atoms. The molecular formula is C16H15N7O2. The first-order valence-electron chi connectivity index (χ1n) is 7.13. The van der Waals surface area contributed by atoms with Gasteiger partial charge in [-0.2, -0.15) is 20.2 Å². The zero-order chi connectivity index (χ0) is 18.4. The Bertz CT molecular complexity index is 898. The first-order valence-corrected chi connectivity index (χ1v) is 7.13. The summed E-state index contributed by atoms with van der Waals surface area (Å²) in [5.74, 6) is 0.453. The Balaban J connectivity index is 2.37. The molecule has 2 rings (SSSR count). The lowest BCUT2D eigenvalue weighted by atomic mass is 10.1. The minimum absolute atomic E-state index is 0.00229. The molecule has 0 fully saturated rings. The van der Waals surface area contributed by atoms with Gasteiger partial charge in [-0.15, -0.1) is 0 Å². The molecule has 0 aliphatic carbocycles. The first-order chi connectivity index (χ1) is 11.9. The van der Waals surface area contributed by atoms with Gasteiger partial charge in [-0.3, -0.25) is 10.1 Å². The van der Waals surface area contributed by atoms with E-state index in [0.29, 0.717) is 11.5 Å². The lowest BCUT2D eigenvalue weighted by Gasteiger charge is -2.10. The molecule has 1 heterocycles. The Kier molecular flexibility index (Phi) is 5.37. The highest BCUT2D eigenvalue weighted by Crippen LogP contribution is 2.19. The molecule has 9 nitrogen and oxygen atoms in total. The van der Waals surface area contributed by atoms with Crippen molar-refractivity contribution in [3.8, 4) is 6.07 Å². The Labute approximate surface area is 143 Å². The van der Waals surface area contributed by atoms with Crippen LogP contribution in [0.5, 0.6) is 0 Å². The molecule has 0 aliphatic rings. The summed E-state index contributed by atoms with van der Waals surface area (Å²) in [7, 11) is 3.48. The highest BCUT2D eigenvalue weighted by Gasteiger charge is 2.11. The Hall–Kier alpha value is -3.80. The molecule has 0 saturated carbocycles. The number of para-hydroxylation sites is 1. The van der Waals surface area contributed by atoms with Crippen LogP contribution in [0.25, 0.3) is 11.6 Å². The number of allylic oxidation sites excluding steroid dienone is 3. The van der Waals surface area contributed by atoms with E-state index in [1.54, 1.807) is 37.2 Å². The van der Waals surface area contributed by atoms with E-state index in [1.807, 2.05) is 6.07 Å². The molecule has 25 heavy (non-hydrogen) atoms. The van der Waals surface area contributed by atoms with Crippen LogP contribution in [0.15, 0.2) is 36.4 Å². The van der Waals surface area contributed by atoms with E-state index < -0.39 is 4.92 Å². The van der Waals surface area contributed by atoms with Crippen molar-refractivity contribution in [2.75, 3.05) is 24.7 Å². The van der Waals surface area contributed by atoms with E-state index in [2.05, 4.69) is 15.0 Å². The summed E-state index contributed by atoms with van der Waals surface area (Å²) in [6, 6.07) is 8.28. The molecular weight excluding hydrogens is 322 g/mol. The molecule has 0 unspecified atom stereocenters. The largest absolute Gasteiger partial charge is 0.368 e. The van der Waals surface area contributed by atoms with E-state index in [-0.39, 0.29) is 23.0 Å². The molecule has 0 spiro atoms. The molecule has 0 radical (unpaired) electrons. The maximum absolute atomic E-state index is 11.0. The molecule has 2 N–H and O–H groups in total. The minimum Gasteiger partial charge on any atom is -0.368 e. The van der Waals surface area contributed by atoms with E-state index in [1.165, 1.54) is 24.3 Å². The number of nitrogens with two attached hydrogens (primary N) is 1. The molecule has 126 valence electrons. The molecule has 0 atom stereocenters. The van der Waals surface area contributed by atoms with Crippen molar-refractivity contribution < 1.29 is 4.92 Å². The van der Waals surface area contributed by atoms with Crippen molar-refractivity contribution >= 4 is 29.2 Å². The maximum atomic E-state index is 11.0. The predicted molar refractivity (Wildman–Crippen MR) is 94.3 cm³/mol. The molecule has 0 aliphatic heterocycles. The summed E-state index contributed by atoms with van der Waals surface area (Å²) in [5, 5.41) is 20.3. The van der Waals surface area contributed by atoms with Crippen molar-refractivity contribution in [2.45, 2.75) is 0 Å². The third-order valence-corrected chi connectivity index (χ3v) is 3.07. The second-order valence-corrected chi connectivity index (χ2v) is 5.08. The number of nitrogen functional groups attached to an aromatic ring is 1. The number of rotatable bonds is 5. The lowest BCUT2D eigenvalue weighted by Crippen LogP contribution is -2.15. The average molecular weight is 337 g/mol. The minimum atomic E-state index is -0.468. The number of anilines is 2. The van der Waals surface area contributed by atoms with Crippen LogP contribution in [-0.4, -0.2) is 34.0 Å². The Morgan fingerprint density at radius 2 is 2.04 bits per heavy atom. The van der Waals surface area contributed by atoms with Crippen molar-refractivity contribution in [2.24, 2.45) is 0 Å². The fraction of sp³-hybridized carbons (Fsp3) is 0.125. The number of nitro benzene ring substituents is 1. The average Bonchev–Trinajstić information content (AvgIpc) is 2.58. The van der Waals surface area contributed by atoms with E-state index >= 15 is 0 Å². The molecule has 1 aromatic carbocycles. The Morgan fingerprint density at radius 3 is 2.68 bits per heavy atom. The van der Waals surface area contributed by atoms with Gasteiger partial charge >= 0.3 is 0 Å². The number of aromatic nitrogens is 3. The summed E-state index contributed by atoms with van der Waals surface area (Å²) < 4.78 is 0. The predicted octanol–water partition coefficient (Wildman–Crippen LogP) is 2.05. The van der Waals surface area contributed by atoms with Gasteiger partial charge in [0.15, 0.2) is 5.82 Å². The SMILES string of the molecule is CN(C)c1nc(N)nc(/C(C#N)=C/C=C/c2ccccc2[N+](=O)[O-])n1. The molecule has 0 saturated heterocycles. The van der Waals surface area contributed by atoms with Gasteiger partial charge in [0, 0.05) is 20.2 Å². The van der Waals surface area contributed by atoms with Crippen molar-refractivity contribution in [1.82, 2.24) is 15.0 Å². The van der Waals surface area contributed by atoms with E-state index in [9.17, 15) is 15.4 Å². The second-order valence-electron chi connectivity index (χ2n) is 5.08. The van der Waals surface area contributed by atoms with Gasteiger partial charge in [-0.25, -0.2) is 0 Å². The quantitative estimate of drug-likeness (QED) is 0.379. The van der Waals surface area contributed by atoms with Crippen LogP contribution in [0.4, 0.5) is 17.6 Å². The monoisotopic (exact) mass is 337 g/mol. The van der Waals surface area contributed by atoms with Crippen LogP contribution in [0.2, 0.25) is 0 Å². The smallest absolute Gasteiger partial charge is 0.276 e. The third kappa shape index (κ3) is 4.35. The standard InChI is InChI=1S/C16H15N7O2/c1-22(2)16-20-14(19-15(18)21-16)12(10-17)8-5-7-11-6-3-4-9-13(11)23(24)25/h3-9H,1-2H3,(H2,18,19,20,21)/b7-5+,12-8+. The third-order valence-electron chi connectivity index (χ3n) is 3.07. The van der Waals surface area contributed by atoms with Crippen LogP contribution < -0.4 is 10.6 Å². The zero-order valence-corrected chi connectivity index (χ0v) is 13.6. The maximum Gasteiger partial charge on any atom is 0.276 e. The number of nitriles is 1. The molecule has 2 aromatic rings. The summed E-state index contributed by atoms with van der Waals surface area (Å²) in [4.78, 5) is 24.2. The first kappa shape index (κ1) is 17.6. The van der Waals surface area contributed by atoms with Gasteiger partial charge in [0.05, 0.1) is 16.1 Å². The number of hydrogen-bond donors (Lipinski definition) is 1. The van der Waals surface area contributed by atoms with Gasteiger partial charge in [0.1, 0.15) is 6.07 Å². The molecule has 1 aromatic heterocycles. The number of nitro groups is 1. The van der Waals surface area contributed by atoms with Crippen LogP contribution in [0, 0.1) is 21.4 Å². The summed E-state index contributed by atoms with van der Waals surface area (Å²) >= 11 is 0. The van der Waals surface area contributed by atoms with E-state index in [4.69, 9.17) is 5.73 Å². The highest BCUT2D eigenvalue weighted by molar-refractivity contribution is 5.76. The number of nitrogens with zero attached hydrogens (tertiary/aromatic N) is 6. The van der Waals surface area contributed by atoms with Crippen LogP contribution in [0.1, 0.15) is 11.4 Å². The van der Waals surface area contributed by atoms with E-state index in [0.717, 1.165) is 0 Å². The molecule has 9 heteroatoms. The lowest BCUT2D eigenvalue weighted by molar-refractivity contribution is -0.385. The highest BCUT2D eigenvalue weighted by atomic mass is 16.6. The van der Waals surface area contributed by atoms with Crippen LogP contribution in [-0.2, 0) is 0 Å².